The third-order valence-electron chi connectivity index (χ3n) is 3.34. The molecule has 25 heavy (non-hydrogen) atoms. The van der Waals surface area contributed by atoms with Gasteiger partial charge in [0.1, 0.15) is 15.7 Å². The summed E-state index contributed by atoms with van der Waals surface area (Å²) in [6, 6.07) is 8.91. The predicted octanol–water partition coefficient (Wildman–Crippen LogP) is 6.47. The molecule has 3 rings (SSSR count). The third kappa shape index (κ3) is 3.96. The summed E-state index contributed by atoms with van der Waals surface area (Å²) < 4.78 is 13.0. The van der Waals surface area contributed by atoms with Crippen molar-refractivity contribution in [2.45, 2.75) is 6.92 Å². The van der Waals surface area contributed by atoms with Crippen molar-refractivity contribution >= 4 is 57.7 Å². The van der Waals surface area contributed by atoms with Crippen LogP contribution in [-0.2, 0) is 0 Å². The summed E-state index contributed by atoms with van der Waals surface area (Å²) >= 11 is 19.3. The largest absolute Gasteiger partial charge is 0.319 e. The smallest absolute Gasteiger partial charge is 0.267 e. The normalized spacial score (nSPS) is 10.8. The number of amides is 1. The van der Waals surface area contributed by atoms with E-state index < -0.39 is 0 Å². The standard InChI is InChI=1S/C17H10Cl3FN2OS/c1-8-15(25-17(22-8)9-2-4-11(21)5-3-9)16(24)23-14-12(19)6-10(18)7-13(14)20/h2-7H,1H3,(H,23,24). The molecule has 0 bridgehead atoms. The van der Waals surface area contributed by atoms with Crippen LogP contribution in [0, 0.1) is 12.7 Å². The van der Waals surface area contributed by atoms with Crippen LogP contribution in [0.5, 0.6) is 0 Å². The first-order valence-electron chi connectivity index (χ1n) is 7.04. The van der Waals surface area contributed by atoms with Crippen molar-refractivity contribution in [3.8, 4) is 10.6 Å². The number of hydrogen-bond donors (Lipinski definition) is 1. The Morgan fingerprint density at radius 2 is 1.72 bits per heavy atom. The third-order valence-corrected chi connectivity index (χ3v) is 5.36. The number of aromatic nitrogens is 1. The Morgan fingerprint density at radius 3 is 2.32 bits per heavy atom. The van der Waals surface area contributed by atoms with Gasteiger partial charge in [-0.05, 0) is 43.3 Å². The lowest BCUT2D eigenvalue weighted by Crippen LogP contribution is -2.12. The first kappa shape index (κ1) is 18.1. The summed E-state index contributed by atoms with van der Waals surface area (Å²) in [5.74, 6) is -0.712. The number of thiazole rings is 1. The first-order chi connectivity index (χ1) is 11.8. The minimum absolute atomic E-state index is 0.242. The number of rotatable bonds is 3. The van der Waals surface area contributed by atoms with E-state index in [1.54, 1.807) is 19.1 Å². The number of benzene rings is 2. The molecule has 0 radical (unpaired) electrons. The van der Waals surface area contributed by atoms with Gasteiger partial charge in [-0.2, -0.15) is 0 Å². The maximum absolute atomic E-state index is 13.0. The molecule has 0 saturated heterocycles. The van der Waals surface area contributed by atoms with Crippen LogP contribution >= 0.6 is 46.1 Å². The first-order valence-corrected chi connectivity index (χ1v) is 8.99. The van der Waals surface area contributed by atoms with Gasteiger partial charge in [0.25, 0.3) is 5.91 Å². The Bertz CT molecular complexity index is 934. The van der Waals surface area contributed by atoms with Crippen LogP contribution in [0.3, 0.4) is 0 Å². The zero-order chi connectivity index (χ0) is 18.1. The summed E-state index contributed by atoms with van der Waals surface area (Å²) in [6.07, 6.45) is 0. The Kier molecular flexibility index (Phi) is 5.29. The van der Waals surface area contributed by atoms with Gasteiger partial charge < -0.3 is 5.32 Å². The zero-order valence-electron chi connectivity index (χ0n) is 12.7. The van der Waals surface area contributed by atoms with E-state index in [2.05, 4.69) is 10.3 Å². The average molecular weight is 416 g/mol. The van der Waals surface area contributed by atoms with E-state index in [9.17, 15) is 9.18 Å². The number of carbonyl (C=O) groups excluding carboxylic acids is 1. The van der Waals surface area contributed by atoms with Crippen LogP contribution in [-0.4, -0.2) is 10.9 Å². The number of aryl methyl sites for hydroxylation is 1. The molecule has 0 saturated carbocycles. The lowest BCUT2D eigenvalue weighted by atomic mass is 10.2. The molecule has 3 nitrogen and oxygen atoms in total. The SMILES string of the molecule is Cc1nc(-c2ccc(F)cc2)sc1C(=O)Nc1c(Cl)cc(Cl)cc1Cl. The van der Waals surface area contributed by atoms with E-state index in [0.29, 0.717) is 20.6 Å². The molecule has 128 valence electrons. The number of hydrogen-bond acceptors (Lipinski definition) is 3. The average Bonchev–Trinajstić information content (AvgIpc) is 2.93. The highest BCUT2D eigenvalue weighted by atomic mass is 35.5. The maximum atomic E-state index is 13.0. The number of nitrogens with zero attached hydrogens (tertiary/aromatic N) is 1. The molecule has 0 aliphatic carbocycles. The molecule has 8 heteroatoms. The van der Waals surface area contributed by atoms with E-state index in [-0.39, 0.29) is 27.5 Å². The van der Waals surface area contributed by atoms with Crippen molar-refractivity contribution in [1.82, 2.24) is 4.98 Å². The fraction of sp³-hybridized carbons (Fsp3) is 0.0588. The Hall–Kier alpha value is -1.66. The second-order valence-electron chi connectivity index (χ2n) is 5.14. The molecule has 0 aliphatic heterocycles. The van der Waals surface area contributed by atoms with Crippen molar-refractivity contribution in [2.24, 2.45) is 0 Å². The van der Waals surface area contributed by atoms with Gasteiger partial charge in [-0.15, -0.1) is 11.3 Å². The molecule has 1 heterocycles. The van der Waals surface area contributed by atoms with E-state index in [4.69, 9.17) is 34.8 Å². The summed E-state index contributed by atoms with van der Waals surface area (Å²) in [4.78, 5) is 17.4. The van der Waals surface area contributed by atoms with Crippen molar-refractivity contribution in [1.29, 1.82) is 0 Å². The van der Waals surface area contributed by atoms with E-state index in [1.165, 1.54) is 35.6 Å². The van der Waals surface area contributed by atoms with E-state index >= 15 is 0 Å². The lowest BCUT2D eigenvalue weighted by Gasteiger charge is -2.09. The molecular weight excluding hydrogens is 406 g/mol. The predicted molar refractivity (Wildman–Crippen MR) is 102 cm³/mol. The second kappa shape index (κ2) is 7.30. The Labute approximate surface area is 162 Å². The van der Waals surface area contributed by atoms with Crippen molar-refractivity contribution in [3.63, 3.8) is 0 Å². The minimum Gasteiger partial charge on any atom is -0.319 e. The number of anilines is 1. The molecule has 1 N–H and O–H groups in total. The van der Waals surface area contributed by atoms with Gasteiger partial charge in [0.2, 0.25) is 0 Å². The second-order valence-corrected chi connectivity index (χ2v) is 7.39. The highest BCUT2D eigenvalue weighted by molar-refractivity contribution is 7.17. The molecule has 0 aliphatic rings. The fourth-order valence-electron chi connectivity index (χ4n) is 2.15. The van der Waals surface area contributed by atoms with Crippen LogP contribution in [0.15, 0.2) is 36.4 Å². The van der Waals surface area contributed by atoms with Crippen LogP contribution in [0.4, 0.5) is 10.1 Å². The number of carbonyl (C=O) groups is 1. The highest BCUT2D eigenvalue weighted by Crippen LogP contribution is 2.35. The molecule has 2 aromatic carbocycles. The molecule has 1 amide bonds. The monoisotopic (exact) mass is 414 g/mol. The molecule has 0 unspecified atom stereocenters. The summed E-state index contributed by atoms with van der Waals surface area (Å²) in [7, 11) is 0. The molecule has 0 fully saturated rings. The Balaban J connectivity index is 1.90. The zero-order valence-corrected chi connectivity index (χ0v) is 15.8. The fourth-order valence-corrected chi connectivity index (χ4v) is 4.03. The van der Waals surface area contributed by atoms with Crippen LogP contribution in [0.25, 0.3) is 10.6 Å². The van der Waals surface area contributed by atoms with Gasteiger partial charge in [0.05, 0.1) is 21.4 Å². The molecule has 1 aromatic heterocycles. The maximum Gasteiger partial charge on any atom is 0.267 e. The summed E-state index contributed by atoms with van der Waals surface area (Å²) in [5.41, 5.74) is 1.58. The van der Waals surface area contributed by atoms with Crippen molar-refractivity contribution in [2.75, 3.05) is 5.32 Å². The number of halogens is 4. The van der Waals surface area contributed by atoms with Gasteiger partial charge in [0.15, 0.2) is 0 Å². The van der Waals surface area contributed by atoms with Gasteiger partial charge in [-0.1, -0.05) is 34.8 Å². The van der Waals surface area contributed by atoms with Gasteiger partial charge in [-0.25, -0.2) is 9.37 Å². The van der Waals surface area contributed by atoms with Crippen LogP contribution in [0.1, 0.15) is 15.4 Å². The van der Waals surface area contributed by atoms with Gasteiger partial charge >= 0.3 is 0 Å². The van der Waals surface area contributed by atoms with Crippen molar-refractivity contribution < 1.29 is 9.18 Å². The van der Waals surface area contributed by atoms with Crippen molar-refractivity contribution in [3.05, 3.63) is 67.9 Å². The number of nitrogens with one attached hydrogen (secondary N) is 1. The summed E-state index contributed by atoms with van der Waals surface area (Å²) in [5, 5.41) is 4.17. The lowest BCUT2D eigenvalue weighted by molar-refractivity contribution is 0.103. The highest BCUT2D eigenvalue weighted by Gasteiger charge is 2.19. The molecule has 0 atom stereocenters. The topological polar surface area (TPSA) is 42.0 Å². The Morgan fingerprint density at radius 1 is 1.12 bits per heavy atom. The molecular formula is C17H10Cl3FN2OS. The van der Waals surface area contributed by atoms with E-state index in [1.807, 2.05) is 0 Å². The minimum atomic E-state index is -0.380. The van der Waals surface area contributed by atoms with Gasteiger partial charge in [-0.3, -0.25) is 4.79 Å². The van der Waals surface area contributed by atoms with Crippen LogP contribution in [0.2, 0.25) is 15.1 Å². The van der Waals surface area contributed by atoms with E-state index in [0.717, 1.165) is 5.56 Å². The molecule has 0 spiro atoms. The quantitative estimate of drug-likeness (QED) is 0.532. The summed E-state index contributed by atoms with van der Waals surface area (Å²) in [6.45, 7) is 1.73. The van der Waals surface area contributed by atoms with Crippen LogP contribution < -0.4 is 5.32 Å². The van der Waals surface area contributed by atoms with Gasteiger partial charge in [0, 0.05) is 10.6 Å². The molecule has 3 aromatic rings.